The zero-order valence-electron chi connectivity index (χ0n) is 15.1. The average molecular weight is 392 g/mol. The Balaban J connectivity index is 1.87. The molecule has 2 aromatic rings. The molecule has 1 unspecified atom stereocenters. The van der Waals surface area contributed by atoms with Gasteiger partial charge in [-0.3, -0.25) is 4.79 Å². The molecule has 0 radical (unpaired) electrons. The molecule has 27 heavy (non-hydrogen) atoms. The molecular weight excluding hydrogens is 371 g/mol. The first-order valence-electron chi connectivity index (χ1n) is 8.67. The summed E-state index contributed by atoms with van der Waals surface area (Å²) in [5.74, 6) is -0.599. The number of anilines is 2. The molecular formula is C18H21FN4O3S. The Morgan fingerprint density at radius 3 is 2.70 bits per heavy atom. The lowest BCUT2D eigenvalue weighted by Crippen LogP contribution is -2.37. The third-order valence-corrected chi connectivity index (χ3v) is 6.19. The largest absolute Gasteiger partial charge is 0.337 e. The van der Waals surface area contributed by atoms with Crippen LogP contribution in [0.3, 0.4) is 0 Å². The fraction of sp³-hybridized carbons (Fsp3) is 0.389. The SMILES string of the molecule is CCN(c1nc(C)cc(C(=O)Nc2ccccc2F)n1)C1CCS(=O)(=O)C1. The van der Waals surface area contributed by atoms with Crippen LogP contribution in [0.5, 0.6) is 0 Å². The van der Waals surface area contributed by atoms with Gasteiger partial charge in [0, 0.05) is 18.3 Å². The Morgan fingerprint density at radius 2 is 2.07 bits per heavy atom. The van der Waals surface area contributed by atoms with Crippen molar-refractivity contribution in [1.82, 2.24) is 9.97 Å². The van der Waals surface area contributed by atoms with E-state index in [1.165, 1.54) is 24.3 Å². The predicted octanol–water partition coefficient (Wildman–Crippen LogP) is 2.19. The van der Waals surface area contributed by atoms with Crippen molar-refractivity contribution in [3.63, 3.8) is 0 Å². The molecule has 7 nitrogen and oxygen atoms in total. The molecule has 0 spiro atoms. The summed E-state index contributed by atoms with van der Waals surface area (Å²) in [6.45, 7) is 4.12. The van der Waals surface area contributed by atoms with Crippen LogP contribution in [0.1, 0.15) is 29.5 Å². The summed E-state index contributed by atoms with van der Waals surface area (Å²) in [5.41, 5.74) is 0.729. The maximum atomic E-state index is 13.8. The maximum Gasteiger partial charge on any atom is 0.274 e. The monoisotopic (exact) mass is 392 g/mol. The van der Waals surface area contributed by atoms with Crippen LogP contribution in [0.25, 0.3) is 0 Å². The highest BCUT2D eigenvalue weighted by Crippen LogP contribution is 2.22. The van der Waals surface area contributed by atoms with Crippen molar-refractivity contribution in [1.29, 1.82) is 0 Å². The highest BCUT2D eigenvalue weighted by Gasteiger charge is 2.33. The number of rotatable bonds is 5. The molecule has 0 saturated carbocycles. The molecule has 2 heterocycles. The van der Waals surface area contributed by atoms with E-state index in [1.807, 2.05) is 6.92 Å². The molecule has 1 aromatic heterocycles. The summed E-state index contributed by atoms with van der Waals surface area (Å²) in [7, 11) is -3.06. The fourth-order valence-corrected chi connectivity index (χ4v) is 4.86. The first-order valence-corrected chi connectivity index (χ1v) is 10.5. The lowest BCUT2D eigenvalue weighted by atomic mass is 10.2. The van der Waals surface area contributed by atoms with Gasteiger partial charge in [0.25, 0.3) is 5.91 Å². The van der Waals surface area contributed by atoms with E-state index in [1.54, 1.807) is 17.9 Å². The highest BCUT2D eigenvalue weighted by molar-refractivity contribution is 7.91. The van der Waals surface area contributed by atoms with Crippen LogP contribution in [0.15, 0.2) is 30.3 Å². The number of carbonyl (C=O) groups excluding carboxylic acids is 1. The molecule has 0 bridgehead atoms. The second-order valence-electron chi connectivity index (χ2n) is 6.47. The molecule has 0 aliphatic carbocycles. The van der Waals surface area contributed by atoms with Crippen LogP contribution >= 0.6 is 0 Å². The summed E-state index contributed by atoms with van der Waals surface area (Å²) < 4.78 is 37.4. The zero-order chi connectivity index (χ0) is 19.6. The molecule has 1 atom stereocenters. The average Bonchev–Trinajstić information content (AvgIpc) is 2.96. The van der Waals surface area contributed by atoms with Crippen molar-refractivity contribution in [2.45, 2.75) is 26.3 Å². The van der Waals surface area contributed by atoms with Gasteiger partial charge in [0.1, 0.15) is 11.5 Å². The lowest BCUT2D eigenvalue weighted by Gasteiger charge is -2.27. The van der Waals surface area contributed by atoms with Crippen molar-refractivity contribution < 1.29 is 17.6 Å². The second kappa shape index (κ2) is 7.59. The number of halogens is 1. The Bertz CT molecular complexity index is 965. The molecule has 9 heteroatoms. The summed E-state index contributed by atoms with van der Waals surface area (Å²) in [6.07, 6.45) is 0.504. The van der Waals surface area contributed by atoms with Crippen LogP contribution in [0.2, 0.25) is 0 Å². The first kappa shape index (κ1) is 19.2. The zero-order valence-corrected chi connectivity index (χ0v) is 16.0. The van der Waals surface area contributed by atoms with E-state index in [4.69, 9.17) is 0 Å². The van der Waals surface area contributed by atoms with Crippen LogP contribution in [-0.4, -0.2) is 48.4 Å². The molecule has 1 saturated heterocycles. The van der Waals surface area contributed by atoms with Gasteiger partial charge in [-0.2, -0.15) is 0 Å². The van der Waals surface area contributed by atoms with Gasteiger partial charge in [-0.1, -0.05) is 12.1 Å². The summed E-state index contributed by atoms with van der Waals surface area (Å²) in [4.78, 5) is 23.0. The number of aromatic nitrogens is 2. The van der Waals surface area contributed by atoms with E-state index in [0.29, 0.717) is 24.6 Å². The van der Waals surface area contributed by atoms with E-state index in [-0.39, 0.29) is 28.9 Å². The number of nitrogens with one attached hydrogen (secondary N) is 1. The molecule has 1 amide bonds. The van der Waals surface area contributed by atoms with E-state index < -0.39 is 21.6 Å². The predicted molar refractivity (Wildman–Crippen MR) is 101 cm³/mol. The van der Waals surface area contributed by atoms with Crippen LogP contribution in [-0.2, 0) is 9.84 Å². The lowest BCUT2D eigenvalue weighted by molar-refractivity contribution is 0.102. The van der Waals surface area contributed by atoms with Crippen molar-refractivity contribution in [3.05, 3.63) is 47.5 Å². The van der Waals surface area contributed by atoms with Crippen LogP contribution in [0.4, 0.5) is 16.0 Å². The number of nitrogens with zero attached hydrogens (tertiary/aromatic N) is 3. The third-order valence-electron chi connectivity index (χ3n) is 4.44. The number of hydrogen-bond donors (Lipinski definition) is 1. The number of carbonyl (C=O) groups is 1. The van der Waals surface area contributed by atoms with Crippen molar-refractivity contribution in [2.75, 3.05) is 28.3 Å². The number of aryl methyl sites for hydroxylation is 1. The Hall–Kier alpha value is -2.55. The van der Waals surface area contributed by atoms with Gasteiger partial charge in [-0.15, -0.1) is 0 Å². The quantitative estimate of drug-likeness (QED) is 0.839. The summed E-state index contributed by atoms with van der Waals surface area (Å²) in [5, 5.41) is 2.50. The smallest absolute Gasteiger partial charge is 0.274 e. The minimum absolute atomic E-state index is 0.0505. The number of sulfone groups is 1. The van der Waals surface area contributed by atoms with E-state index >= 15 is 0 Å². The van der Waals surface area contributed by atoms with E-state index in [2.05, 4.69) is 15.3 Å². The Kier molecular flexibility index (Phi) is 5.41. The fourth-order valence-electron chi connectivity index (χ4n) is 3.13. The minimum Gasteiger partial charge on any atom is -0.337 e. The van der Waals surface area contributed by atoms with Gasteiger partial charge in [-0.05, 0) is 38.5 Å². The molecule has 3 rings (SSSR count). The first-order chi connectivity index (χ1) is 12.8. The number of hydrogen-bond acceptors (Lipinski definition) is 6. The van der Waals surface area contributed by atoms with Crippen molar-refractivity contribution >= 4 is 27.4 Å². The van der Waals surface area contributed by atoms with Gasteiger partial charge in [-0.25, -0.2) is 22.8 Å². The molecule has 1 aromatic carbocycles. The minimum atomic E-state index is -3.06. The van der Waals surface area contributed by atoms with Crippen molar-refractivity contribution in [2.24, 2.45) is 0 Å². The van der Waals surface area contributed by atoms with Gasteiger partial charge in [0.05, 0.1) is 17.2 Å². The van der Waals surface area contributed by atoms with Gasteiger partial charge >= 0.3 is 0 Å². The number of amides is 1. The normalized spacial score (nSPS) is 18.3. The van der Waals surface area contributed by atoms with Crippen molar-refractivity contribution in [3.8, 4) is 0 Å². The summed E-state index contributed by atoms with van der Waals surface area (Å²) in [6, 6.07) is 7.17. The summed E-state index contributed by atoms with van der Waals surface area (Å²) >= 11 is 0. The second-order valence-corrected chi connectivity index (χ2v) is 8.70. The molecule has 1 aliphatic heterocycles. The highest BCUT2D eigenvalue weighted by atomic mass is 32.2. The Labute approximate surface area is 157 Å². The van der Waals surface area contributed by atoms with Gasteiger partial charge in [0.2, 0.25) is 5.95 Å². The number of benzene rings is 1. The Morgan fingerprint density at radius 1 is 1.33 bits per heavy atom. The third kappa shape index (κ3) is 4.41. The van der Waals surface area contributed by atoms with Crippen LogP contribution in [0, 0.1) is 12.7 Å². The molecule has 1 fully saturated rings. The number of para-hydroxylation sites is 1. The maximum absolute atomic E-state index is 13.8. The topological polar surface area (TPSA) is 92.3 Å². The van der Waals surface area contributed by atoms with Gasteiger partial charge in [0.15, 0.2) is 9.84 Å². The molecule has 1 aliphatic rings. The van der Waals surface area contributed by atoms with E-state index in [0.717, 1.165) is 0 Å². The standard InChI is InChI=1S/C18H21FN4O3S/c1-3-23(13-8-9-27(25,26)11-13)18-20-12(2)10-16(22-18)17(24)21-15-7-5-4-6-14(15)19/h4-7,10,13H,3,8-9,11H2,1-2H3,(H,21,24). The molecule has 1 N–H and O–H groups in total. The van der Waals surface area contributed by atoms with E-state index in [9.17, 15) is 17.6 Å². The van der Waals surface area contributed by atoms with Crippen LogP contribution < -0.4 is 10.2 Å². The molecule has 144 valence electrons. The van der Waals surface area contributed by atoms with Gasteiger partial charge < -0.3 is 10.2 Å².